The van der Waals surface area contributed by atoms with Crippen molar-refractivity contribution < 1.29 is 4.79 Å². The smallest absolute Gasteiger partial charge is 0.225 e. The Hall–Kier alpha value is -3.81. The Balaban J connectivity index is 1.80. The van der Waals surface area contributed by atoms with Crippen molar-refractivity contribution in [3.63, 3.8) is 0 Å². The van der Waals surface area contributed by atoms with Gasteiger partial charge in [-0.2, -0.15) is 10.5 Å². The van der Waals surface area contributed by atoms with Crippen LogP contribution in [0.4, 0.5) is 11.5 Å². The molecule has 0 atom stereocenters. The summed E-state index contributed by atoms with van der Waals surface area (Å²) in [4.78, 5) is 16.8. The van der Waals surface area contributed by atoms with E-state index in [2.05, 4.69) is 29.4 Å². The van der Waals surface area contributed by atoms with Crippen molar-refractivity contribution in [2.75, 3.05) is 16.8 Å². The fraction of sp³-hybridized carbons (Fsp3) is 0.200. The summed E-state index contributed by atoms with van der Waals surface area (Å²) in [5.74, 6) is 0.384. The number of nitriles is 2. The number of hydrogen-bond acceptors (Lipinski definition) is 6. The number of thioether (sulfide) groups is 1. The number of nitrogen functional groups attached to an aromatic ring is 1. The van der Waals surface area contributed by atoms with Crippen LogP contribution >= 0.6 is 11.8 Å². The lowest BCUT2D eigenvalue weighted by Crippen LogP contribution is -2.14. The number of carbonyl (C=O) groups excluding carboxylic acids is 1. The quantitative estimate of drug-likeness (QED) is 0.495. The molecule has 0 bridgehead atoms. The molecule has 0 saturated heterocycles. The average molecular weight is 442 g/mol. The van der Waals surface area contributed by atoms with Crippen molar-refractivity contribution in [3.8, 4) is 23.3 Å². The standard InChI is InChI=1S/C25H23N5OS/c1-3-17-11-7-8-16(2)23(17)29-21(31)12-13-32-25-20(15-27)22(18-9-5-4-6-10-18)19(14-26)24(28)30-25/h4-11H,3,12-13H2,1-2H3,(H2,28,30)(H,29,31). The fourth-order valence-electron chi connectivity index (χ4n) is 3.44. The molecular weight excluding hydrogens is 418 g/mol. The first kappa shape index (κ1) is 22.9. The van der Waals surface area contributed by atoms with Gasteiger partial charge in [-0.25, -0.2) is 4.98 Å². The number of aromatic nitrogens is 1. The van der Waals surface area contributed by atoms with Gasteiger partial charge in [0.25, 0.3) is 0 Å². The highest BCUT2D eigenvalue weighted by molar-refractivity contribution is 7.99. The Morgan fingerprint density at radius 3 is 2.47 bits per heavy atom. The molecular formula is C25H23N5OS. The minimum atomic E-state index is -0.107. The van der Waals surface area contributed by atoms with Crippen LogP contribution in [0, 0.1) is 29.6 Å². The number of amides is 1. The second-order valence-electron chi connectivity index (χ2n) is 7.13. The third kappa shape index (κ3) is 4.91. The predicted molar refractivity (Wildman–Crippen MR) is 128 cm³/mol. The van der Waals surface area contributed by atoms with Gasteiger partial charge in [-0.1, -0.05) is 55.5 Å². The Bertz CT molecular complexity index is 1230. The number of para-hydroxylation sites is 1. The van der Waals surface area contributed by atoms with Gasteiger partial charge in [0.15, 0.2) is 0 Å². The van der Waals surface area contributed by atoms with Crippen LogP contribution < -0.4 is 11.1 Å². The molecule has 7 heteroatoms. The number of carbonyl (C=O) groups is 1. The molecule has 0 unspecified atom stereocenters. The first-order valence-corrected chi connectivity index (χ1v) is 11.2. The zero-order valence-corrected chi connectivity index (χ0v) is 18.8. The summed E-state index contributed by atoms with van der Waals surface area (Å²) in [7, 11) is 0. The molecule has 0 aliphatic carbocycles. The van der Waals surface area contributed by atoms with Crippen molar-refractivity contribution in [2.24, 2.45) is 0 Å². The molecule has 32 heavy (non-hydrogen) atoms. The molecule has 3 N–H and O–H groups in total. The first-order valence-electron chi connectivity index (χ1n) is 10.2. The fourth-order valence-corrected chi connectivity index (χ4v) is 4.38. The maximum absolute atomic E-state index is 12.6. The largest absolute Gasteiger partial charge is 0.383 e. The van der Waals surface area contributed by atoms with Crippen LogP contribution in [0.1, 0.15) is 35.6 Å². The number of pyridine rings is 1. The molecule has 1 heterocycles. The van der Waals surface area contributed by atoms with Gasteiger partial charge < -0.3 is 11.1 Å². The van der Waals surface area contributed by atoms with Gasteiger partial charge >= 0.3 is 0 Å². The molecule has 1 aromatic heterocycles. The molecule has 0 spiro atoms. The zero-order chi connectivity index (χ0) is 23.1. The number of aryl methyl sites for hydroxylation is 2. The van der Waals surface area contributed by atoms with Crippen molar-refractivity contribution in [2.45, 2.75) is 31.7 Å². The predicted octanol–water partition coefficient (Wildman–Crippen LogP) is 5.07. The molecule has 160 valence electrons. The lowest BCUT2D eigenvalue weighted by Gasteiger charge is -2.14. The Kier molecular flexibility index (Phi) is 7.49. The van der Waals surface area contributed by atoms with Crippen LogP contribution in [0.2, 0.25) is 0 Å². The summed E-state index contributed by atoms with van der Waals surface area (Å²) in [6.07, 6.45) is 1.07. The van der Waals surface area contributed by atoms with Gasteiger partial charge in [0, 0.05) is 23.4 Å². The second kappa shape index (κ2) is 10.5. The van der Waals surface area contributed by atoms with Crippen LogP contribution in [0.5, 0.6) is 0 Å². The van der Waals surface area contributed by atoms with Crippen molar-refractivity contribution in [1.29, 1.82) is 10.5 Å². The number of nitrogens with zero attached hydrogens (tertiary/aromatic N) is 3. The molecule has 2 aromatic carbocycles. The van der Waals surface area contributed by atoms with E-state index in [1.54, 1.807) is 0 Å². The van der Waals surface area contributed by atoms with Gasteiger partial charge in [0.1, 0.15) is 28.5 Å². The molecule has 0 radical (unpaired) electrons. The zero-order valence-electron chi connectivity index (χ0n) is 18.0. The number of nitrogens with one attached hydrogen (secondary N) is 1. The van der Waals surface area contributed by atoms with Crippen LogP contribution in [-0.2, 0) is 11.2 Å². The van der Waals surface area contributed by atoms with Crippen molar-refractivity contribution in [1.82, 2.24) is 4.98 Å². The summed E-state index contributed by atoms with van der Waals surface area (Å²) < 4.78 is 0. The molecule has 6 nitrogen and oxygen atoms in total. The number of anilines is 2. The van der Waals surface area contributed by atoms with E-state index < -0.39 is 0 Å². The third-order valence-corrected chi connectivity index (χ3v) is 6.03. The van der Waals surface area contributed by atoms with Gasteiger partial charge in [0.05, 0.1) is 5.56 Å². The number of rotatable bonds is 7. The maximum Gasteiger partial charge on any atom is 0.225 e. The topological polar surface area (TPSA) is 116 Å². The molecule has 3 aromatic rings. The van der Waals surface area contributed by atoms with E-state index in [0.717, 1.165) is 28.8 Å². The number of hydrogen-bond donors (Lipinski definition) is 2. The minimum Gasteiger partial charge on any atom is -0.383 e. The molecule has 0 aliphatic rings. The van der Waals surface area contributed by atoms with Gasteiger partial charge in [-0.3, -0.25) is 4.79 Å². The van der Waals surface area contributed by atoms with E-state index in [1.165, 1.54) is 11.8 Å². The van der Waals surface area contributed by atoms with E-state index >= 15 is 0 Å². The van der Waals surface area contributed by atoms with E-state index in [9.17, 15) is 15.3 Å². The summed E-state index contributed by atoms with van der Waals surface area (Å²) in [6, 6.07) is 19.4. The van der Waals surface area contributed by atoms with Gasteiger partial charge in [-0.05, 0) is 30.0 Å². The van der Waals surface area contributed by atoms with Crippen molar-refractivity contribution in [3.05, 3.63) is 70.8 Å². The van der Waals surface area contributed by atoms with Gasteiger partial charge in [-0.15, -0.1) is 11.8 Å². The molecule has 0 fully saturated rings. The normalized spacial score (nSPS) is 10.2. The van der Waals surface area contributed by atoms with Crippen LogP contribution in [0.15, 0.2) is 53.6 Å². The SMILES string of the molecule is CCc1cccc(C)c1NC(=O)CCSc1nc(N)c(C#N)c(-c2ccccc2)c1C#N. The second-order valence-corrected chi connectivity index (χ2v) is 8.21. The van der Waals surface area contributed by atoms with E-state index in [4.69, 9.17) is 5.73 Å². The highest BCUT2D eigenvalue weighted by Crippen LogP contribution is 2.35. The van der Waals surface area contributed by atoms with E-state index in [1.807, 2.05) is 55.5 Å². The third-order valence-electron chi connectivity index (χ3n) is 5.05. The molecule has 1 amide bonds. The van der Waals surface area contributed by atoms with Crippen molar-refractivity contribution >= 4 is 29.2 Å². The summed E-state index contributed by atoms with van der Waals surface area (Å²) in [6.45, 7) is 4.02. The Morgan fingerprint density at radius 1 is 1.09 bits per heavy atom. The van der Waals surface area contributed by atoms with Crippen LogP contribution in [-0.4, -0.2) is 16.6 Å². The van der Waals surface area contributed by atoms with E-state index in [-0.39, 0.29) is 23.7 Å². The summed E-state index contributed by atoms with van der Waals surface area (Å²) >= 11 is 1.28. The lowest BCUT2D eigenvalue weighted by molar-refractivity contribution is -0.115. The van der Waals surface area contributed by atoms with Crippen LogP contribution in [0.25, 0.3) is 11.1 Å². The van der Waals surface area contributed by atoms with E-state index in [0.29, 0.717) is 21.9 Å². The monoisotopic (exact) mass is 441 g/mol. The highest BCUT2D eigenvalue weighted by Gasteiger charge is 2.20. The minimum absolute atomic E-state index is 0.0739. The summed E-state index contributed by atoms with van der Waals surface area (Å²) in [5.41, 5.74) is 10.7. The summed E-state index contributed by atoms with van der Waals surface area (Å²) in [5, 5.41) is 22.8. The molecule has 0 saturated carbocycles. The average Bonchev–Trinajstić information content (AvgIpc) is 2.80. The molecule has 0 aliphatic heterocycles. The number of benzene rings is 2. The molecule has 3 rings (SSSR count). The maximum atomic E-state index is 12.6. The Morgan fingerprint density at radius 2 is 1.81 bits per heavy atom. The number of nitrogens with two attached hydrogens (primary N) is 1. The Labute approximate surface area is 192 Å². The highest BCUT2D eigenvalue weighted by atomic mass is 32.2. The van der Waals surface area contributed by atoms with Crippen LogP contribution in [0.3, 0.4) is 0 Å². The van der Waals surface area contributed by atoms with Gasteiger partial charge in [0.2, 0.25) is 5.91 Å². The first-order chi connectivity index (χ1) is 15.5. The lowest BCUT2D eigenvalue weighted by atomic mass is 9.97.